The van der Waals surface area contributed by atoms with Crippen molar-refractivity contribution in [2.24, 2.45) is 0 Å². The van der Waals surface area contributed by atoms with Crippen LogP contribution in [0.4, 0.5) is 0 Å². The van der Waals surface area contributed by atoms with Crippen molar-refractivity contribution >= 4 is 17.4 Å². The standard InChI is InChI=1S/C34H46N2O4/c1-4-5-6-7-8-9-10-11-12-13-14-15-16-17-18-19-20-21-22-23-33(38)35-26-27-36-34(39)29(2)30-24-25-31(37)32(28-30)40-3/h5-6,8-9,11-12,14-15,17-18,20-21,24-25,28,37H,2,4,7,10,13,16,19,22-23,26-27H2,1,3H3,(H,35,38)(H,36,39)/b6-5+,9-8+,12-11+,15-14+,18-17+,21-20+. The maximum atomic E-state index is 12.3. The number of aromatic hydroxyl groups is 1. The normalized spacial score (nSPS) is 12.1. The minimum absolute atomic E-state index is 0.00816. The van der Waals surface area contributed by atoms with Gasteiger partial charge in [-0.3, -0.25) is 9.59 Å². The smallest absolute Gasteiger partial charge is 0.251 e. The van der Waals surface area contributed by atoms with E-state index in [1.165, 1.54) is 13.2 Å². The fourth-order valence-electron chi connectivity index (χ4n) is 3.42. The first-order chi connectivity index (χ1) is 19.5. The second-order valence-electron chi connectivity index (χ2n) is 8.92. The van der Waals surface area contributed by atoms with Gasteiger partial charge < -0.3 is 20.5 Å². The summed E-state index contributed by atoms with van der Waals surface area (Å²) in [4.78, 5) is 24.3. The van der Waals surface area contributed by atoms with Gasteiger partial charge in [-0.25, -0.2) is 0 Å². The molecule has 0 atom stereocenters. The van der Waals surface area contributed by atoms with Crippen molar-refractivity contribution in [1.82, 2.24) is 10.6 Å². The summed E-state index contributed by atoms with van der Waals surface area (Å²) in [5, 5.41) is 15.2. The van der Waals surface area contributed by atoms with Gasteiger partial charge in [0.05, 0.1) is 7.11 Å². The number of hydrogen-bond acceptors (Lipinski definition) is 4. The molecule has 0 aromatic heterocycles. The van der Waals surface area contributed by atoms with E-state index in [9.17, 15) is 14.7 Å². The molecule has 0 aliphatic carbocycles. The average molecular weight is 547 g/mol. The van der Waals surface area contributed by atoms with Crippen LogP contribution >= 0.6 is 0 Å². The van der Waals surface area contributed by atoms with E-state index in [1.807, 2.05) is 6.08 Å². The van der Waals surface area contributed by atoms with Crippen LogP contribution in [-0.2, 0) is 9.59 Å². The number of phenols is 1. The van der Waals surface area contributed by atoms with E-state index in [4.69, 9.17) is 4.74 Å². The van der Waals surface area contributed by atoms with Gasteiger partial charge in [-0.05, 0) is 62.6 Å². The number of carbonyl (C=O) groups is 2. The molecule has 6 heteroatoms. The molecule has 3 N–H and O–H groups in total. The summed E-state index contributed by atoms with van der Waals surface area (Å²) < 4.78 is 5.06. The number of phenolic OH excluding ortho intramolecular Hbond substituents is 1. The van der Waals surface area contributed by atoms with E-state index in [1.54, 1.807) is 12.1 Å². The second-order valence-corrected chi connectivity index (χ2v) is 8.92. The SMILES string of the molecule is C=C(C(=O)NCCNC(=O)CC/C=C/C/C=C/C/C=C/C/C=C/C/C=C/C/C=C/CC)c1ccc(O)c(OC)c1. The molecule has 40 heavy (non-hydrogen) atoms. The van der Waals surface area contributed by atoms with Gasteiger partial charge in [0.25, 0.3) is 5.91 Å². The van der Waals surface area contributed by atoms with Gasteiger partial charge in [0, 0.05) is 25.1 Å². The van der Waals surface area contributed by atoms with Crippen molar-refractivity contribution in [3.63, 3.8) is 0 Å². The summed E-state index contributed by atoms with van der Waals surface area (Å²) in [7, 11) is 1.44. The third-order valence-corrected chi connectivity index (χ3v) is 5.67. The number of amides is 2. The quantitative estimate of drug-likeness (QED) is 0.0923. The molecule has 1 aromatic carbocycles. The van der Waals surface area contributed by atoms with E-state index >= 15 is 0 Å². The first-order valence-corrected chi connectivity index (χ1v) is 14.0. The Morgan fingerprint density at radius 3 is 1.82 bits per heavy atom. The van der Waals surface area contributed by atoms with Gasteiger partial charge in [0.1, 0.15) is 0 Å². The molecule has 0 aliphatic rings. The van der Waals surface area contributed by atoms with Gasteiger partial charge in [-0.2, -0.15) is 0 Å². The number of ether oxygens (including phenoxy) is 1. The van der Waals surface area contributed by atoms with Crippen LogP contribution < -0.4 is 15.4 Å². The fourth-order valence-corrected chi connectivity index (χ4v) is 3.42. The first kappa shape index (κ1) is 34.0. The summed E-state index contributed by atoms with van der Waals surface area (Å²) in [5.74, 6) is -0.146. The van der Waals surface area contributed by atoms with Crippen LogP contribution in [0.1, 0.15) is 63.9 Å². The lowest BCUT2D eigenvalue weighted by molar-refractivity contribution is -0.121. The van der Waals surface area contributed by atoms with Crippen molar-refractivity contribution in [3.05, 3.63) is 103 Å². The molecule has 216 valence electrons. The Hall–Kier alpha value is -4.06. The van der Waals surface area contributed by atoms with E-state index < -0.39 is 0 Å². The number of hydrogen-bond donors (Lipinski definition) is 3. The highest BCUT2D eigenvalue weighted by molar-refractivity contribution is 6.18. The zero-order valence-corrected chi connectivity index (χ0v) is 24.1. The van der Waals surface area contributed by atoms with Crippen LogP contribution in [0.15, 0.2) is 97.7 Å². The Bertz CT molecular complexity index is 1080. The third kappa shape index (κ3) is 16.7. The van der Waals surface area contributed by atoms with Crippen LogP contribution in [0.3, 0.4) is 0 Å². The lowest BCUT2D eigenvalue weighted by Gasteiger charge is -2.10. The molecule has 0 radical (unpaired) electrons. The number of benzene rings is 1. The Kier molecular flexibility index (Phi) is 19.4. The molecule has 0 saturated heterocycles. The summed E-state index contributed by atoms with van der Waals surface area (Å²) in [6.45, 7) is 6.57. The monoisotopic (exact) mass is 546 g/mol. The number of allylic oxidation sites excluding steroid dienone is 12. The number of nitrogens with one attached hydrogen (secondary N) is 2. The van der Waals surface area contributed by atoms with Crippen molar-refractivity contribution in [2.75, 3.05) is 20.2 Å². The Balaban J connectivity index is 2.07. The van der Waals surface area contributed by atoms with Gasteiger partial charge in [-0.15, -0.1) is 0 Å². The van der Waals surface area contributed by atoms with Crippen LogP contribution in [0.2, 0.25) is 0 Å². The molecule has 0 bridgehead atoms. The average Bonchev–Trinajstić information content (AvgIpc) is 2.96. The third-order valence-electron chi connectivity index (χ3n) is 5.67. The molecule has 0 aliphatic heterocycles. The zero-order chi connectivity index (χ0) is 29.3. The van der Waals surface area contributed by atoms with Crippen LogP contribution in [0.5, 0.6) is 11.5 Å². The van der Waals surface area contributed by atoms with Crippen molar-refractivity contribution in [1.29, 1.82) is 0 Å². The minimum Gasteiger partial charge on any atom is -0.504 e. The molecule has 1 rings (SSSR count). The van der Waals surface area contributed by atoms with Crippen LogP contribution in [-0.4, -0.2) is 37.1 Å². The van der Waals surface area contributed by atoms with Crippen molar-refractivity contribution in [3.8, 4) is 11.5 Å². The number of methoxy groups -OCH3 is 1. The number of rotatable bonds is 20. The predicted octanol–water partition coefficient (Wildman–Crippen LogP) is 7.12. The predicted molar refractivity (Wildman–Crippen MR) is 167 cm³/mol. The molecule has 2 amide bonds. The van der Waals surface area contributed by atoms with Crippen molar-refractivity contribution in [2.45, 2.75) is 58.3 Å². The Morgan fingerprint density at radius 2 is 1.30 bits per heavy atom. The maximum Gasteiger partial charge on any atom is 0.251 e. The fraction of sp³-hybridized carbons (Fsp3) is 0.353. The molecular weight excluding hydrogens is 500 g/mol. The highest BCUT2D eigenvalue weighted by Crippen LogP contribution is 2.28. The van der Waals surface area contributed by atoms with Gasteiger partial charge in [0.2, 0.25) is 5.91 Å². The van der Waals surface area contributed by atoms with Crippen molar-refractivity contribution < 1.29 is 19.4 Å². The molecule has 0 heterocycles. The molecule has 0 spiro atoms. The van der Waals surface area contributed by atoms with Crippen LogP contribution in [0.25, 0.3) is 5.57 Å². The molecule has 6 nitrogen and oxygen atoms in total. The van der Waals surface area contributed by atoms with Crippen LogP contribution in [0, 0.1) is 0 Å². The molecular formula is C34H46N2O4. The molecule has 0 saturated carbocycles. The minimum atomic E-state index is -0.347. The lowest BCUT2D eigenvalue weighted by Crippen LogP contribution is -2.34. The molecule has 0 unspecified atom stereocenters. The summed E-state index contributed by atoms with van der Waals surface area (Å²) in [6.07, 6.45) is 32.7. The summed E-state index contributed by atoms with van der Waals surface area (Å²) in [6, 6.07) is 4.59. The topological polar surface area (TPSA) is 87.7 Å². The molecule has 0 fully saturated rings. The Labute approximate surface area is 240 Å². The summed E-state index contributed by atoms with van der Waals surface area (Å²) in [5.41, 5.74) is 0.801. The van der Waals surface area contributed by atoms with E-state index in [2.05, 4.69) is 91.0 Å². The van der Waals surface area contributed by atoms with Gasteiger partial charge in [0.15, 0.2) is 11.5 Å². The van der Waals surface area contributed by atoms with E-state index in [0.717, 1.165) is 38.5 Å². The largest absolute Gasteiger partial charge is 0.504 e. The van der Waals surface area contributed by atoms with E-state index in [-0.39, 0.29) is 28.9 Å². The maximum absolute atomic E-state index is 12.3. The zero-order valence-electron chi connectivity index (χ0n) is 24.1. The number of carbonyl (C=O) groups excluding carboxylic acids is 2. The Morgan fingerprint density at radius 1 is 0.800 bits per heavy atom. The molecule has 1 aromatic rings. The second kappa shape index (κ2) is 22.9. The lowest BCUT2D eigenvalue weighted by atomic mass is 10.1. The van der Waals surface area contributed by atoms with Gasteiger partial charge in [-0.1, -0.05) is 92.5 Å². The summed E-state index contributed by atoms with van der Waals surface area (Å²) >= 11 is 0. The highest BCUT2D eigenvalue weighted by atomic mass is 16.5. The van der Waals surface area contributed by atoms with Gasteiger partial charge >= 0.3 is 0 Å². The highest BCUT2D eigenvalue weighted by Gasteiger charge is 2.12. The van der Waals surface area contributed by atoms with E-state index in [0.29, 0.717) is 31.5 Å². The first-order valence-electron chi connectivity index (χ1n) is 14.0.